The van der Waals surface area contributed by atoms with Gasteiger partial charge in [0.05, 0.1) is 12.7 Å². The highest BCUT2D eigenvalue weighted by Crippen LogP contribution is 2.22. The second kappa shape index (κ2) is 7.61. The lowest BCUT2D eigenvalue weighted by molar-refractivity contribution is -0.133. The highest BCUT2D eigenvalue weighted by atomic mass is 16.5. The molecule has 6 nitrogen and oxygen atoms in total. The Hall–Kier alpha value is -3.15. The number of carbonyl (C=O) groups is 3. The minimum absolute atomic E-state index is 0.283. The van der Waals surface area contributed by atoms with Gasteiger partial charge in [0.15, 0.2) is 0 Å². The van der Waals surface area contributed by atoms with Crippen molar-refractivity contribution in [3.8, 4) is 0 Å². The van der Waals surface area contributed by atoms with Gasteiger partial charge in [-0.05, 0) is 50.1 Å². The molecule has 0 radical (unpaired) electrons. The van der Waals surface area contributed by atoms with E-state index >= 15 is 0 Å². The second-order valence-corrected chi connectivity index (χ2v) is 5.75. The molecule has 2 N–H and O–H groups in total. The molecule has 2 aromatic rings. The van der Waals surface area contributed by atoms with Gasteiger partial charge in [-0.25, -0.2) is 4.79 Å². The summed E-state index contributed by atoms with van der Waals surface area (Å²) < 4.78 is 4.63. The molecule has 2 amide bonds. The quantitative estimate of drug-likeness (QED) is 0.664. The van der Waals surface area contributed by atoms with Gasteiger partial charge >= 0.3 is 17.8 Å². The Morgan fingerprint density at radius 3 is 2.08 bits per heavy atom. The monoisotopic (exact) mass is 340 g/mol. The molecule has 0 unspecified atom stereocenters. The maximum Gasteiger partial charge on any atom is 0.337 e. The lowest BCUT2D eigenvalue weighted by Gasteiger charge is -2.13. The van der Waals surface area contributed by atoms with Crippen LogP contribution in [0.1, 0.15) is 27.0 Å². The van der Waals surface area contributed by atoms with Crippen molar-refractivity contribution in [2.75, 3.05) is 17.7 Å². The zero-order chi connectivity index (χ0) is 18.6. The number of hydrogen-bond donors (Lipinski definition) is 2. The molecule has 0 aliphatic carbocycles. The highest BCUT2D eigenvalue weighted by molar-refractivity contribution is 6.43. The lowest BCUT2D eigenvalue weighted by Crippen LogP contribution is -2.29. The van der Waals surface area contributed by atoms with Crippen LogP contribution in [-0.2, 0) is 14.3 Å². The molecule has 0 heterocycles. The van der Waals surface area contributed by atoms with E-state index < -0.39 is 17.8 Å². The largest absolute Gasteiger partial charge is 0.465 e. The number of hydrogen-bond acceptors (Lipinski definition) is 4. The summed E-state index contributed by atoms with van der Waals surface area (Å²) >= 11 is 0. The van der Waals surface area contributed by atoms with Crippen LogP contribution in [0, 0.1) is 20.8 Å². The van der Waals surface area contributed by atoms with Crippen LogP contribution in [0.3, 0.4) is 0 Å². The summed E-state index contributed by atoms with van der Waals surface area (Å²) in [6.45, 7) is 5.70. The van der Waals surface area contributed by atoms with Gasteiger partial charge in [-0.2, -0.15) is 0 Å². The van der Waals surface area contributed by atoms with Crippen LogP contribution in [0.2, 0.25) is 0 Å². The molecule has 0 fully saturated rings. The summed E-state index contributed by atoms with van der Waals surface area (Å²) in [4.78, 5) is 35.8. The number of methoxy groups -OCH3 is 1. The Bertz CT molecular complexity index is 820. The van der Waals surface area contributed by atoms with Crippen LogP contribution < -0.4 is 10.6 Å². The van der Waals surface area contributed by atoms with Crippen LogP contribution in [0.5, 0.6) is 0 Å². The summed E-state index contributed by atoms with van der Waals surface area (Å²) in [7, 11) is 1.27. The second-order valence-electron chi connectivity index (χ2n) is 5.75. The molecular weight excluding hydrogens is 320 g/mol. The number of amides is 2. The molecule has 25 heavy (non-hydrogen) atoms. The van der Waals surface area contributed by atoms with E-state index in [0.717, 1.165) is 16.7 Å². The van der Waals surface area contributed by atoms with Crippen molar-refractivity contribution in [2.24, 2.45) is 0 Å². The third kappa shape index (κ3) is 4.44. The number of benzene rings is 2. The van der Waals surface area contributed by atoms with Gasteiger partial charge in [-0.3, -0.25) is 9.59 Å². The van der Waals surface area contributed by atoms with Gasteiger partial charge in [-0.1, -0.05) is 23.8 Å². The van der Waals surface area contributed by atoms with Crippen molar-refractivity contribution in [2.45, 2.75) is 20.8 Å². The minimum atomic E-state index is -0.818. The molecule has 0 spiro atoms. The average molecular weight is 340 g/mol. The number of ether oxygens (including phenoxy) is 1. The van der Waals surface area contributed by atoms with E-state index in [9.17, 15) is 14.4 Å². The van der Waals surface area contributed by atoms with Crippen molar-refractivity contribution in [1.82, 2.24) is 0 Å². The molecule has 0 bridgehead atoms. The van der Waals surface area contributed by atoms with Crippen molar-refractivity contribution in [1.29, 1.82) is 0 Å². The summed E-state index contributed by atoms with van der Waals surface area (Å²) in [5.74, 6) is -2.12. The summed E-state index contributed by atoms with van der Waals surface area (Å²) in [5, 5.41) is 5.10. The maximum absolute atomic E-state index is 12.2. The van der Waals surface area contributed by atoms with E-state index in [2.05, 4.69) is 15.4 Å². The molecule has 0 aliphatic rings. The van der Waals surface area contributed by atoms with Gasteiger partial charge in [0.1, 0.15) is 0 Å². The Labute approximate surface area is 146 Å². The fourth-order valence-electron chi connectivity index (χ4n) is 2.58. The molecule has 2 rings (SSSR count). The van der Waals surface area contributed by atoms with Gasteiger partial charge in [0.25, 0.3) is 0 Å². The Kier molecular flexibility index (Phi) is 5.54. The molecule has 0 saturated carbocycles. The molecule has 0 atom stereocenters. The predicted molar refractivity (Wildman–Crippen MR) is 95.7 cm³/mol. The first-order valence-electron chi connectivity index (χ1n) is 7.70. The van der Waals surface area contributed by atoms with E-state index in [0.29, 0.717) is 11.4 Å². The first kappa shape index (κ1) is 18.2. The van der Waals surface area contributed by atoms with E-state index in [1.165, 1.54) is 13.2 Å². The lowest BCUT2D eigenvalue weighted by atomic mass is 10.1. The number of esters is 1. The third-order valence-electron chi connectivity index (χ3n) is 3.66. The van der Waals surface area contributed by atoms with Crippen molar-refractivity contribution < 1.29 is 19.1 Å². The SMILES string of the molecule is COC(=O)c1cccc(NC(=O)C(=O)Nc2c(C)cc(C)cc2C)c1. The van der Waals surface area contributed by atoms with Crippen molar-refractivity contribution >= 4 is 29.2 Å². The van der Waals surface area contributed by atoms with E-state index in [1.54, 1.807) is 18.2 Å². The molecule has 2 aromatic carbocycles. The average Bonchev–Trinajstić information content (AvgIpc) is 2.57. The summed E-state index contributed by atoms with van der Waals surface area (Å²) in [6.07, 6.45) is 0. The van der Waals surface area contributed by atoms with E-state index in [4.69, 9.17) is 0 Å². The molecule has 6 heteroatoms. The van der Waals surface area contributed by atoms with Crippen LogP contribution in [0.4, 0.5) is 11.4 Å². The van der Waals surface area contributed by atoms with Crippen LogP contribution in [-0.4, -0.2) is 24.9 Å². The normalized spacial score (nSPS) is 10.1. The Morgan fingerprint density at radius 2 is 1.48 bits per heavy atom. The molecular formula is C19H20N2O4. The fraction of sp³-hybridized carbons (Fsp3) is 0.211. The zero-order valence-corrected chi connectivity index (χ0v) is 14.6. The smallest absolute Gasteiger partial charge is 0.337 e. The van der Waals surface area contributed by atoms with Gasteiger partial charge < -0.3 is 15.4 Å². The topological polar surface area (TPSA) is 84.5 Å². The van der Waals surface area contributed by atoms with E-state index in [-0.39, 0.29) is 5.56 Å². The minimum Gasteiger partial charge on any atom is -0.465 e. The number of carbonyl (C=O) groups excluding carboxylic acids is 3. The molecule has 0 saturated heterocycles. The number of nitrogens with one attached hydrogen (secondary N) is 2. The van der Waals surface area contributed by atoms with Gasteiger partial charge in [-0.15, -0.1) is 0 Å². The first-order valence-corrected chi connectivity index (χ1v) is 7.70. The van der Waals surface area contributed by atoms with Gasteiger partial charge in [0, 0.05) is 11.4 Å². The molecule has 130 valence electrons. The highest BCUT2D eigenvalue weighted by Gasteiger charge is 2.17. The van der Waals surface area contributed by atoms with Crippen LogP contribution in [0.25, 0.3) is 0 Å². The van der Waals surface area contributed by atoms with Crippen LogP contribution >= 0.6 is 0 Å². The summed E-state index contributed by atoms with van der Waals surface area (Å²) in [5.41, 5.74) is 4.08. The van der Waals surface area contributed by atoms with E-state index in [1.807, 2.05) is 32.9 Å². The standard InChI is InChI=1S/C19H20N2O4/c1-11-8-12(2)16(13(3)9-11)21-18(23)17(22)20-15-7-5-6-14(10-15)19(24)25-4/h5-10H,1-4H3,(H,20,22)(H,21,23). The van der Waals surface area contributed by atoms with Crippen molar-refractivity contribution in [3.63, 3.8) is 0 Å². The fourth-order valence-corrected chi connectivity index (χ4v) is 2.58. The van der Waals surface area contributed by atoms with Crippen LogP contribution in [0.15, 0.2) is 36.4 Å². The zero-order valence-electron chi connectivity index (χ0n) is 14.6. The number of anilines is 2. The summed E-state index contributed by atoms with van der Waals surface area (Å²) in [6, 6.07) is 10.0. The Balaban J connectivity index is 2.11. The molecule has 0 aliphatic heterocycles. The Morgan fingerprint density at radius 1 is 0.880 bits per heavy atom. The molecule has 0 aromatic heterocycles. The maximum atomic E-state index is 12.2. The predicted octanol–water partition coefficient (Wildman–Crippen LogP) is 2.98. The van der Waals surface area contributed by atoms with Gasteiger partial charge in [0.2, 0.25) is 0 Å². The number of aryl methyl sites for hydroxylation is 3. The van der Waals surface area contributed by atoms with Crippen molar-refractivity contribution in [3.05, 3.63) is 58.7 Å². The third-order valence-corrected chi connectivity index (χ3v) is 3.66. The number of rotatable bonds is 3. The first-order chi connectivity index (χ1) is 11.8.